The molecule has 0 heterocycles. The minimum atomic E-state index is -1.09. The fourth-order valence-corrected chi connectivity index (χ4v) is 3.43. The first-order valence-corrected chi connectivity index (χ1v) is 6.27. The average molecular weight is 237 g/mol. The summed E-state index contributed by atoms with van der Waals surface area (Å²) in [6, 6.07) is 0.149. The van der Waals surface area contributed by atoms with Gasteiger partial charge in [0.15, 0.2) is 0 Å². The maximum absolute atomic E-state index is 11.5. The number of rotatable bonds is 4. The van der Waals surface area contributed by atoms with E-state index < -0.39 is 5.97 Å². The smallest absolute Gasteiger partial charge is 0.328 e. The second-order valence-electron chi connectivity index (χ2n) is 5.31. The molecule has 0 aliphatic heterocycles. The van der Waals surface area contributed by atoms with Crippen molar-refractivity contribution in [3.8, 4) is 0 Å². The number of carbonyl (C=O) groups is 2. The quantitative estimate of drug-likeness (QED) is 0.729. The van der Waals surface area contributed by atoms with Crippen LogP contribution < -0.4 is 5.32 Å². The summed E-state index contributed by atoms with van der Waals surface area (Å²) in [5.41, 5.74) is 0. The molecule has 2 aliphatic rings. The molecular formula is C13H19NO3. The average Bonchev–Trinajstić information content (AvgIpc) is 2.87. The molecule has 0 aromatic heterocycles. The third kappa shape index (κ3) is 2.87. The highest BCUT2D eigenvalue weighted by molar-refractivity contribution is 5.93. The van der Waals surface area contributed by atoms with Crippen LogP contribution in [-0.2, 0) is 9.59 Å². The molecular weight excluding hydrogens is 218 g/mol. The number of hydrogen-bond donors (Lipinski definition) is 2. The van der Waals surface area contributed by atoms with Gasteiger partial charge in [-0.2, -0.15) is 0 Å². The molecule has 2 bridgehead atoms. The fraction of sp³-hybridized carbons (Fsp3) is 0.692. The van der Waals surface area contributed by atoms with Crippen molar-refractivity contribution >= 4 is 11.9 Å². The normalized spacial score (nSPS) is 32.9. The van der Waals surface area contributed by atoms with Gasteiger partial charge in [0.05, 0.1) is 0 Å². The van der Waals surface area contributed by atoms with Crippen LogP contribution in [0.25, 0.3) is 0 Å². The highest BCUT2D eigenvalue weighted by Crippen LogP contribution is 2.49. The molecule has 2 fully saturated rings. The SMILES string of the molecule is C[C@H](NC(=O)/C=C/C(=O)O)[C@@H]1C[C@H]2CC[C@H]1C2. The Bertz CT molecular complexity index is 351. The molecule has 0 spiro atoms. The Morgan fingerprint density at radius 2 is 2.06 bits per heavy atom. The number of carboxylic acids is 1. The standard InChI is InChI=1S/C13H19NO3/c1-8(14-12(15)4-5-13(16)17)11-7-9-2-3-10(11)6-9/h4-5,8-11H,2-3,6-7H2,1H3,(H,14,15)(H,16,17)/b5-4+/t8-,9-,10-,11-/m0/s1. The molecule has 94 valence electrons. The zero-order valence-corrected chi connectivity index (χ0v) is 10.1. The summed E-state index contributed by atoms with van der Waals surface area (Å²) in [6.07, 6.45) is 7.14. The Hall–Kier alpha value is -1.32. The number of carboxylic acid groups (broad SMARTS) is 1. The number of amides is 1. The monoisotopic (exact) mass is 237 g/mol. The van der Waals surface area contributed by atoms with Gasteiger partial charge in [-0.15, -0.1) is 0 Å². The van der Waals surface area contributed by atoms with Crippen molar-refractivity contribution in [1.82, 2.24) is 5.32 Å². The van der Waals surface area contributed by atoms with Gasteiger partial charge in [0, 0.05) is 18.2 Å². The topological polar surface area (TPSA) is 66.4 Å². The maximum Gasteiger partial charge on any atom is 0.328 e. The van der Waals surface area contributed by atoms with Crippen LogP contribution in [-0.4, -0.2) is 23.0 Å². The zero-order chi connectivity index (χ0) is 12.4. The summed E-state index contributed by atoms with van der Waals surface area (Å²) in [4.78, 5) is 21.7. The number of hydrogen-bond acceptors (Lipinski definition) is 2. The third-order valence-electron chi connectivity index (χ3n) is 4.18. The van der Waals surface area contributed by atoms with Crippen molar-refractivity contribution in [1.29, 1.82) is 0 Å². The Morgan fingerprint density at radius 3 is 2.59 bits per heavy atom. The fourth-order valence-electron chi connectivity index (χ4n) is 3.43. The molecule has 0 aromatic carbocycles. The van der Waals surface area contributed by atoms with E-state index in [4.69, 9.17) is 5.11 Å². The third-order valence-corrected chi connectivity index (χ3v) is 4.18. The molecule has 4 atom stereocenters. The van der Waals surface area contributed by atoms with Gasteiger partial charge in [0.2, 0.25) is 5.91 Å². The van der Waals surface area contributed by atoms with Crippen molar-refractivity contribution in [2.24, 2.45) is 17.8 Å². The van der Waals surface area contributed by atoms with E-state index in [1.807, 2.05) is 6.92 Å². The number of fused-ring (bicyclic) bond motifs is 2. The van der Waals surface area contributed by atoms with Gasteiger partial charge >= 0.3 is 5.97 Å². The molecule has 0 radical (unpaired) electrons. The highest BCUT2D eigenvalue weighted by Gasteiger charge is 2.41. The number of carbonyl (C=O) groups excluding carboxylic acids is 1. The first-order chi connectivity index (χ1) is 8.06. The number of nitrogens with one attached hydrogen (secondary N) is 1. The highest BCUT2D eigenvalue weighted by atomic mass is 16.4. The van der Waals surface area contributed by atoms with E-state index in [9.17, 15) is 9.59 Å². The van der Waals surface area contributed by atoms with Crippen LogP contribution in [0.5, 0.6) is 0 Å². The van der Waals surface area contributed by atoms with Gasteiger partial charge in [-0.25, -0.2) is 4.79 Å². The van der Waals surface area contributed by atoms with Crippen LogP contribution in [0.4, 0.5) is 0 Å². The zero-order valence-electron chi connectivity index (χ0n) is 10.1. The molecule has 0 saturated heterocycles. The summed E-state index contributed by atoms with van der Waals surface area (Å²) in [6.45, 7) is 2.03. The summed E-state index contributed by atoms with van der Waals surface area (Å²) in [7, 11) is 0. The summed E-state index contributed by atoms with van der Waals surface area (Å²) in [5, 5.41) is 11.3. The van der Waals surface area contributed by atoms with Gasteiger partial charge in [0.1, 0.15) is 0 Å². The Morgan fingerprint density at radius 1 is 1.29 bits per heavy atom. The van der Waals surface area contributed by atoms with Crippen molar-refractivity contribution < 1.29 is 14.7 Å². The van der Waals surface area contributed by atoms with Crippen LogP contribution in [0, 0.1) is 17.8 Å². The lowest BCUT2D eigenvalue weighted by Gasteiger charge is -2.28. The Kier molecular flexibility index (Phi) is 3.50. The van der Waals surface area contributed by atoms with Crippen LogP contribution in [0.1, 0.15) is 32.6 Å². The van der Waals surface area contributed by atoms with E-state index in [1.54, 1.807) is 0 Å². The predicted molar refractivity (Wildman–Crippen MR) is 63.3 cm³/mol. The minimum Gasteiger partial charge on any atom is -0.478 e. The molecule has 4 nitrogen and oxygen atoms in total. The summed E-state index contributed by atoms with van der Waals surface area (Å²) in [5.74, 6) is 0.809. The van der Waals surface area contributed by atoms with Crippen molar-refractivity contribution in [3.63, 3.8) is 0 Å². The van der Waals surface area contributed by atoms with E-state index in [0.29, 0.717) is 5.92 Å². The van der Waals surface area contributed by atoms with E-state index in [1.165, 1.54) is 25.7 Å². The lowest BCUT2D eigenvalue weighted by Crippen LogP contribution is -2.39. The van der Waals surface area contributed by atoms with Gasteiger partial charge in [-0.1, -0.05) is 6.42 Å². The molecule has 2 saturated carbocycles. The van der Waals surface area contributed by atoms with E-state index in [0.717, 1.165) is 24.0 Å². The van der Waals surface area contributed by atoms with Crippen LogP contribution in [0.15, 0.2) is 12.2 Å². The largest absolute Gasteiger partial charge is 0.478 e. The van der Waals surface area contributed by atoms with E-state index in [2.05, 4.69) is 5.32 Å². The summed E-state index contributed by atoms with van der Waals surface area (Å²) < 4.78 is 0. The van der Waals surface area contributed by atoms with Crippen LogP contribution in [0.2, 0.25) is 0 Å². The van der Waals surface area contributed by atoms with Gasteiger partial charge in [-0.05, 0) is 43.9 Å². The van der Waals surface area contributed by atoms with Gasteiger partial charge in [0.25, 0.3) is 0 Å². The lowest BCUT2D eigenvalue weighted by molar-refractivity contribution is -0.131. The molecule has 2 rings (SSSR count). The molecule has 2 aliphatic carbocycles. The van der Waals surface area contributed by atoms with Gasteiger partial charge in [-0.3, -0.25) is 4.79 Å². The van der Waals surface area contributed by atoms with E-state index in [-0.39, 0.29) is 11.9 Å². The first kappa shape index (κ1) is 12.1. The molecule has 1 amide bonds. The maximum atomic E-state index is 11.5. The minimum absolute atomic E-state index is 0.149. The molecule has 0 aromatic rings. The molecule has 4 heteroatoms. The van der Waals surface area contributed by atoms with Gasteiger partial charge < -0.3 is 10.4 Å². The van der Waals surface area contributed by atoms with Crippen molar-refractivity contribution in [3.05, 3.63) is 12.2 Å². The second kappa shape index (κ2) is 4.90. The Balaban J connectivity index is 1.83. The molecule has 17 heavy (non-hydrogen) atoms. The second-order valence-corrected chi connectivity index (χ2v) is 5.31. The molecule has 0 unspecified atom stereocenters. The molecule has 2 N–H and O–H groups in total. The predicted octanol–water partition coefficient (Wildman–Crippen LogP) is 1.57. The first-order valence-electron chi connectivity index (χ1n) is 6.27. The van der Waals surface area contributed by atoms with Crippen molar-refractivity contribution in [2.45, 2.75) is 38.6 Å². The van der Waals surface area contributed by atoms with E-state index >= 15 is 0 Å². The van der Waals surface area contributed by atoms with Crippen molar-refractivity contribution in [2.75, 3.05) is 0 Å². The lowest BCUT2D eigenvalue weighted by atomic mass is 9.84. The summed E-state index contributed by atoms with van der Waals surface area (Å²) >= 11 is 0. The van der Waals surface area contributed by atoms with Crippen LogP contribution in [0.3, 0.4) is 0 Å². The number of aliphatic carboxylic acids is 1. The van der Waals surface area contributed by atoms with Crippen LogP contribution >= 0.6 is 0 Å². The Labute approximate surface area is 101 Å².